The van der Waals surface area contributed by atoms with Crippen LogP contribution in [0.4, 0.5) is 0 Å². The third-order valence-electron chi connectivity index (χ3n) is 2.55. The number of nitrogens with two attached hydrogens (primary N) is 1. The molecule has 0 amide bonds. The second kappa shape index (κ2) is 7.09. The largest absolute Gasteiger partial charge is 0.377 e. The number of rotatable bonds is 7. The van der Waals surface area contributed by atoms with Gasteiger partial charge in [-0.05, 0) is 37.6 Å². The number of ether oxygens (including phenoxy) is 1. The lowest BCUT2D eigenvalue weighted by molar-refractivity contribution is 0.0671. The number of hydrogen-bond donors (Lipinski definition) is 1. The third-order valence-corrected chi connectivity index (χ3v) is 4.56. The van der Waals surface area contributed by atoms with Crippen LogP contribution in [0.15, 0.2) is 29.2 Å². The van der Waals surface area contributed by atoms with Gasteiger partial charge < -0.3 is 10.5 Å². The van der Waals surface area contributed by atoms with Crippen molar-refractivity contribution in [2.45, 2.75) is 24.3 Å². The smallest absolute Gasteiger partial charge is 0.178 e. The van der Waals surface area contributed by atoms with Crippen molar-refractivity contribution in [2.75, 3.05) is 18.9 Å². The van der Waals surface area contributed by atoms with E-state index in [2.05, 4.69) is 0 Å². The fourth-order valence-electron chi connectivity index (χ4n) is 1.55. The van der Waals surface area contributed by atoms with Crippen LogP contribution in [0.5, 0.6) is 0 Å². The Balaban J connectivity index is 2.67. The van der Waals surface area contributed by atoms with Crippen LogP contribution >= 0.6 is 11.6 Å². The molecule has 1 aromatic rings. The molecule has 18 heavy (non-hydrogen) atoms. The quantitative estimate of drug-likeness (QED) is 0.832. The number of halogens is 1. The molecule has 0 aliphatic rings. The minimum Gasteiger partial charge on any atom is -0.377 e. The highest BCUT2D eigenvalue weighted by Gasteiger charge is 2.17. The molecule has 102 valence electrons. The fraction of sp³-hybridized carbons (Fsp3) is 0.500. The van der Waals surface area contributed by atoms with E-state index in [4.69, 9.17) is 22.1 Å². The normalized spacial score (nSPS) is 13.5. The number of benzene rings is 1. The Bertz CT molecular complexity index is 459. The van der Waals surface area contributed by atoms with Gasteiger partial charge >= 0.3 is 0 Å². The minimum atomic E-state index is -3.29. The molecule has 0 radical (unpaired) electrons. The van der Waals surface area contributed by atoms with Gasteiger partial charge in [0.2, 0.25) is 0 Å². The molecule has 0 bridgehead atoms. The summed E-state index contributed by atoms with van der Waals surface area (Å²) in [7, 11) is -3.29. The highest BCUT2D eigenvalue weighted by atomic mass is 35.5. The second-order valence-electron chi connectivity index (χ2n) is 3.87. The molecule has 0 saturated carbocycles. The summed E-state index contributed by atoms with van der Waals surface area (Å²) in [6.45, 7) is 2.71. The van der Waals surface area contributed by atoms with Crippen LogP contribution in [0.2, 0.25) is 5.02 Å². The lowest BCUT2D eigenvalue weighted by Gasteiger charge is -2.14. The Morgan fingerprint density at radius 1 is 1.33 bits per heavy atom. The van der Waals surface area contributed by atoms with Crippen molar-refractivity contribution in [1.82, 2.24) is 0 Å². The summed E-state index contributed by atoms with van der Waals surface area (Å²) in [4.78, 5) is 0.277. The Morgan fingerprint density at radius 3 is 2.44 bits per heavy atom. The first-order chi connectivity index (χ1) is 8.49. The molecule has 0 saturated heterocycles. The van der Waals surface area contributed by atoms with Crippen LogP contribution in [0.1, 0.15) is 13.3 Å². The molecule has 6 heteroatoms. The maximum atomic E-state index is 12.0. The highest BCUT2D eigenvalue weighted by molar-refractivity contribution is 7.91. The van der Waals surface area contributed by atoms with E-state index < -0.39 is 9.84 Å². The van der Waals surface area contributed by atoms with Crippen molar-refractivity contribution in [1.29, 1.82) is 0 Å². The van der Waals surface area contributed by atoms with Gasteiger partial charge in [0.05, 0.1) is 16.8 Å². The molecule has 0 fully saturated rings. The Hall–Kier alpha value is -0.620. The molecule has 0 aromatic heterocycles. The Kier molecular flexibility index (Phi) is 6.08. The molecular formula is C12H18ClNO3S. The summed E-state index contributed by atoms with van der Waals surface area (Å²) in [5.74, 6) is 0.0243. The fourth-order valence-corrected chi connectivity index (χ4v) is 3.04. The van der Waals surface area contributed by atoms with Crippen molar-refractivity contribution in [2.24, 2.45) is 5.73 Å². The van der Waals surface area contributed by atoms with Crippen LogP contribution in [0.25, 0.3) is 0 Å². The zero-order valence-corrected chi connectivity index (χ0v) is 11.9. The molecule has 2 N–H and O–H groups in total. The van der Waals surface area contributed by atoms with Crippen molar-refractivity contribution in [3.05, 3.63) is 29.3 Å². The van der Waals surface area contributed by atoms with Crippen LogP contribution < -0.4 is 5.73 Å². The summed E-state index contributed by atoms with van der Waals surface area (Å²) in [6, 6.07) is 6.15. The van der Waals surface area contributed by atoms with E-state index in [0.29, 0.717) is 24.6 Å². The lowest BCUT2D eigenvalue weighted by atomic mass is 10.3. The first-order valence-corrected chi connectivity index (χ1v) is 7.82. The molecule has 1 atom stereocenters. The predicted molar refractivity (Wildman–Crippen MR) is 72.6 cm³/mol. The van der Waals surface area contributed by atoms with Gasteiger partial charge in [0.15, 0.2) is 9.84 Å². The summed E-state index contributed by atoms with van der Waals surface area (Å²) in [5.41, 5.74) is 5.51. The average molecular weight is 292 g/mol. The second-order valence-corrected chi connectivity index (χ2v) is 6.42. The van der Waals surface area contributed by atoms with Gasteiger partial charge in [-0.15, -0.1) is 0 Å². The van der Waals surface area contributed by atoms with Gasteiger partial charge in [0.25, 0.3) is 0 Å². The van der Waals surface area contributed by atoms with Gasteiger partial charge in [-0.1, -0.05) is 11.6 Å². The van der Waals surface area contributed by atoms with Crippen LogP contribution in [0.3, 0.4) is 0 Å². The molecule has 0 aliphatic heterocycles. The van der Waals surface area contributed by atoms with Crippen molar-refractivity contribution >= 4 is 21.4 Å². The van der Waals surface area contributed by atoms with Crippen LogP contribution in [-0.2, 0) is 14.6 Å². The highest BCUT2D eigenvalue weighted by Crippen LogP contribution is 2.16. The molecule has 4 nitrogen and oxygen atoms in total. The maximum absolute atomic E-state index is 12.0. The van der Waals surface area contributed by atoms with Gasteiger partial charge in [-0.3, -0.25) is 0 Å². The molecule has 1 rings (SSSR count). The molecule has 0 aliphatic carbocycles. The van der Waals surface area contributed by atoms with Gasteiger partial charge in [0, 0.05) is 18.2 Å². The standard InChI is InChI=1S/C12H18ClNO3S/c1-2-17-11(9-14)7-8-18(15,16)12-5-3-10(13)4-6-12/h3-6,11H,2,7-9,14H2,1H3. The Labute approximate surface area is 113 Å². The average Bonchev–Trinajstić information content (AvgIpc) is 2.35. The van der Waals surface area contributed by atoms with E-state index in [1.54, 1.807) is 12.1 Å². The lowest BCUT2D eigenvalue weighted by Crippen LogP contribution is -2.26. The molecule has 1 aromatic carbocycles. The molecule has 1 unspecified atom stereocenters. The van der Waals surface area contributed by atoms with E-state index in [9.17, 15) is 8.42 Å². The molecular weight excluding hydrogens is 274 g/mol. The van der Waals surface area contributed by atoms with E-state index in [-0.39, 0.29) is 16.8 Å². The number of sulfone groups is 1. The maximum Gasteiger partial charge on any atom is 0.178 e. The zero-order chi connectivity index (χ0) is 13.6. The van der Waals surface area contributed by atoms with Crippen molar-refractivity contribution in [3.63, 3.8) is 0 Å². The number of hydrogen-bond acceptors (Lipinski definition) is 4. The predicted octanol–water partition coefficient (Wildman–Crippen LogP) is 1.87. The van der Waals surface area contributed by atoms with Crippen LogP contribution in [-0.4, -0.2) is 33.4 Å². The van der Waals surface area contributed by atoms with Gasteiger partial charge in [-0.25, -0.2) is 8.42 Å². The monoisotopic (exact) mass is 291 g/mol. The SMILES string of the molecule is CCOC(CN)CCS(=O)(=O)c1ccc(Cl)cc1. The summed E-state index contributed by atoms with van der Waals surface area (Å²) < 4.78 is 29.4. The zero-order valence-electron chi connectivity index (χ0n) is 10.3. The molecule has 0 heterocycles. The van der Waals surface area contributed by atoms with Gasteiger partial charge in [0.1, 0.15) is 0 Å². The molecule has 0 spiro atoms. The van der Waals surface area contributed by atoms with Crippen molar-refractivity contribution in [3.8, 4) is 0 Å². The van der Waals surface area contributed by atoms with E-state index in [1.807, 2.05) is 6.92 Å². The first-order valence-electron chi connectivity index (χ1n) is 5.79. The van der Waals surface area contributed by atoms with Crippen LogP contribution in [0, 0.1) is 0 Å². The summed E-state index contributed by atoms with van der Waals surface area (Å²) in [5, 5.41) is 0.517. The third kappa shape index (κ3) is 4.57. The Morgan fingerprint density at radius 2 is 1.94 bits per heavy atom. The minimum absolute atomic E-state index is 0.0243. The van der Waals surface area contributed by atoms with E-state index >= 15 is 0 Å². The topological polar surface area (TPSA) is 69.4 Å². The summed E-state index contributed by atoms with van der Waals surface area (Å²) in [6.07, 6.45) is 0.187. The van der Waals surface area contributed by atoms with E-state index in [1.165, 1.54) is 12.1 Å². The summed E-state index contributed by atoms with van der Waals surface area (Å²) >= 11 is 5.72. The first kappa shape index (κ1) is 15.4. The van der Waals surface area contributed by atoms with E-state index in [0.717, 1.165) is 0 Å². The van der Waals surface area contributed by atoms with Crippen molar-refractivity contribution < 1.29 is 13.2 Å². The van der Waals surface area contributed by atoms with Gasteiger partial charge in [-0.2, -0.15) is 0 Å².